The predicted octanol–water partition coefficient (Wildman–Crippen LogP) is 5.01. The fourth-order valence-corrected chi connectivity index (χ4v) is 4.50. The Bertz CT molecular complexity index is 1530. The van der Waals surface area contributed by atoms with Crippen LogP contribution in [0.1, 0.15) is 50.2 Å². The summed E-state index contributed by atoms with van der Waals surface area (Å²) < 4.78 is 13.0. The minimum atomic E-state index is -0.538. The number of aromatic amines is 1. The van der Waals surface area contributed by atoms with Crippen molar-refractivity contribution in [1.29, 1.82) is 0 Å². The van der Waals surface area contributed by atoms with E-state index >= 15 is 0 Å². The number of nitrogens with one attached hydrogen (secondary N) is 2. The number of carbonyl (C=O) groups is 3. The average Bonchev–Trinajstić information content (AvgIpc) is 3.34. The van der Waals surface area contributed by atoms with Gasteiger partial charge in [-0.1, -0.05) is 54.2 Å². The Morgan fingerprint density at radius 1 is 0.944 bits per heavy atom. The highest BCUT2D eigenvalue weighted by Crippen LogP contribution is 2.29. The number of nitrogens with zero attached hydrogens (tertiary/aromatic N) is 2. The number of hydrogen-bond donors (Lipinski definition) is 2. The zero-order chi connectivity index (χ0) is 25.2. The van der Waals surface area contributed by atoms with E-state index in [2.05, 4.69) is 20.5 Å². The number of aromatic nitrogens is 3. The largest absolute Gasteiger partial charge is 0.325 e. The molecule has 4 aromatic rings. The smallest absolute Gasteiger partial charge is 0.237 e. The number of amides is 1. The number of anilines is 1. The number of carbonyl (C=O) groups excluding carboxylic acids is 3. The molecule has 0 aliphatic heterocycles. The third kappa shape index (κ3) is 4.73. The molecule has 178 valence electrons. The van der Waals surface area contributed by atoms with Gasteiger partial charge < -0.3 is 5.32 Å². The minimum absolute atomic E-state index is 0.212. The summed E-state index contributed by atoms with van der Waals surface area (Å²) in [6.07, 6.45) is 3.48. The van der Waals surface area contributed by atoms with E-state index in [-0.39, 0.29) is 28.9 Å². The molecule has 1 heterocycles. The third-order valence-corrected chi connectivity index (χ3v) is 6.59. The van der Waals surface area contributed by atoms with Crippen LogP contribution in [-0.2, 0) is 4.79 Å². The Morgan fingerprint density at radius 3 is 2.33 bits per heavy atom. The number of benzene rings is 3. The van der Waals surface area contributed by atoms with Crippen LogP contribution in [-0.4, -0.2) is 37.9 Å². The second kappa shape index (κ2) is 9.71. The number of rotatable bonds is 6. The summed E-state index contributed by atoms with van der Waals surface area (Å²) >= 11 is 1.17. The molecule has 1 atom stereocenters. The van der Waals surface area contributed by atoms with Crippen molar-refractivity contribution < 1.29 is 18.8 Å². The quantitative estimate of drug-likeness (QED) is 0.319. The molecule has 9 heteroatoms. The molecule has 1 aromatic heterocycles. The van der Waals surface area contributed by atoms with Gasteiger partial charge in [-0.15, -0.1) is 5.10 Å². The second-order valence-corrected chi connectivity index (χ2v) is 9.41. The highest BCUT2D eigenvalue weighted by molar-refractivity contribution is 8.00. The SMILES string of the molecule is CC(Sc1n[nH]c(/C=C/c2ccc(F)cc2)n1)C(=O)Nc1ccc2c(c1)C(=O)c1ccccc1C2=O. The summed E-state index contributed by atoms with van der Waals surface area (Å²) in [7, 11) is 0. The van der Waals surface area contributed by atoms with Crippen molar-refractivity contribution in [3.05, 3.63) is 106 Å². The van der Waals surface area contributed by atoms with Gasteiger partial charge in [0.1, 0.15) is 11.6 Å². The Morgan fingerprint density at radius 2 is 1.61 bits per heavy atom. The van der Waals surface area contributed by atoms with Crippen molar-refractivity contribution in [3.8, 4) is 0 Å². The lowest BCUT2D eigenvalue weighted by molar-refractivity contribution is -0.115. The molecule has 1 aliphatic rings. The van der Waals surface area contributed by atoms with Gasteiger partial charge in [0, 0.05) is 27.9 Å². The van der Waals surface area contributed by atoms with E-state index in [4.69, 9.17) is 0 Å². The van der Waals surface area contributed by atoms with Gasteiger partial charge in [0.2, 0.25) is 11.1 Å². The van der Waals surface area contributed by atoms with E-state index in [9.17, 15) is 18.8 Å². The van der Waals surface area contributed by atoms with Crippen molar-refractivity contribution >= 4 is 47.1 Å². The first-order valence-electron chi connectivity index (χ1n) is 11.0. The molecule has 0 saturated carbocycles. The number of ketones is 2. The molecule has 7 nitrogen and oxygen atoms in total. The van der Waals surface area contributed by atoms with Gasteiger partial charge in [-0.05, 0) is 48.9 Å². The maximum atomic E-state index is 13.0. The van der Waals surface area contributed by atoms with E-state index in [0.29, 0.717) is 33.4 Å². The lowest BCUT2D eigenvalue weighted by Crippen LogP contribution is -2.24. The van der Waals surface area contributed by atoms with Crippen LogP contribution in [0.5, 0.6) is 0 Å². The van der Waals surface area contributed by atoms with E-state index in [0.717, 1.165) is 5.56 Å². The first-order chi connectivity index (χ1) is 17.4. The summed E-state index contributed by atoms with van der Waals surface area (Å²) in [5, 5.41) is 9.56. The van der Waals surface area contributed by atoms with Gasteiger partial charge in [-0.2, -0.15) is 0 Å². The van der Waals surface area contributed by atoms with E-state index < -0.39 is 5.25 Å². The molecule has 0 spiro atoms. The molecule has 0 bridgehead atoms. The van der Waals surface area contributed by atoms with Crippen molar-refractivity contribution in [2.75, 3.05) is 5.32 Å². The van der Waals surface area contributed by atoms with Gasteiger partial charge in [-0.25, -0.2) is 9.37 Å². The van der Waals surface area contributed by atoms with Crippen LogP contribution in [0.25, 0.3) is 12.2 Å². The van der Waals surface area contributed by atoms with E-state index in [1.165, 1.54) is 30.0 Å². The zero-order valence-electron chi connectivity index (χ0n) is 19.0. The number of halogens is 1. The molecule has 1 unspecified atom stereocenters. The van der Waals surface area contributed by atoms with Crippen molar-refractivity contribution in [2.24, 2.45) is 0 Å². The Hall–Kier alpha value is -4.37. The fraction of sp³-hybridized carbons (Fsp3) is 0.0741. The maximum absolute atomic E-state index is 13.0. The predicted molar refractivity (Wildman–Crippen MR) is 135 cm³/mol. The molecule has 2 N–H and O–H groups in total. The topological polar surface area (TPSA) is 105 Å². The van der Waals surface area contributed by atoms with Gasteiger partial charge >= 0.3 is 0 Å². The molecule has 0 fully saturated rings. The van der Waals surface area contributed by atoms with Gasteiger partial charge in [0.15, 0.2) is 11.6 Å². The summed E-state index contributed by atoms with van der Waals surface area (Å²) in [6, 6.07) is 17.4. The van der Waals surface area contributed by atoms with Crippen molar-refractivity contribution in [1.82, 2.24) is 15.2 Å². The van der Waals surface area contributed by atoms with Crippen LogP contribution < -0.4 is 5.32 Å². The molecule has 1 amide bonds. The summed E-state index contributed by atoms with van der Waals surface area (Å²) in [5.41, 5.74) is 2.56. The Balaban J connectivity index is 1.24. The first kappa shape index (κ1) is 23.4. The van der Waals surface area contributed by atoms with Crippen LogP contribution in [0.4, 0.5) is 10.1 Å². The van der Waals surface area contributed by atoms with E-state index in [1.807, 2.05) is 0 Å². The van der Waals surface area contributed by atoms with Gasteiger partial charge in [0.25, 0.3) is 0 Å². The summed E-state index contributed by atoms with van der Waals surface area (Å²) in [5.74, 6) is -0.578. The lowest BCUT2D eigenvalue weighted by atomic mass is 9.84. The zero-order valence-corrected chi connectivity index (χ0v) is 19.8. The van der Waals surface area contributed by atoms with Crippen LogP contribution in [0.2, 0.25) is 0 Å². The summed E-state index contributed by atoms with van der Waals surface area (Å²) in [6.45, 7) is 1.72. The molecule has 0 radical (unpaired) electrons. The highest BCUT2D eigenvalue weighted by Gasteiger charge is 2.29. The second-order valence-electron chi connectivity index (χ2n) is 8.10. The van der Waals surface area contributed by atoms with Gasteiger partial charge in [-0.3, -0.25) is 19.5 Å². The molecule has 0 saturated heterocycles. The molecular formula is C27H19FN4O3S. The number of hydrogen-bond acceptors (Lipinski definition) is 6. The minimum Gasteiger partial charge on any atom is -0.325 e. The molecule has 5 rings (SSSR count). The lowest BCUT2D eigenvalue weighted by Gasteiger charge is -2.18. The highest BCUT2D eigenvalue weighted by atomic mass is 32.2. The summed E-state index contributed by atoms with van der Waals surface area (Å²) in [4.78, 5) is 42.8. The average molecular weight is 499 g/mol. The number of thioether (sulfide) groups is 1. The number of H-pyrrole nitrogens is 1. The number of fused-ring (bicyclic) bond motifs is 2. The fourth-order valence-electron chi connectivity index (χ4n) is 3.77. The molecule has 36 heavy (non-hydrogen) atoms. The Kier molecular flexibility index (Phi) is 6.30. The van der Waals surface area contributed by atoms with Crippen molar-refractivity contribution in [3.63, 3.8) is 0 Å². The standard InChI is InChI=1S/C27H19FN4O3S/c1-15(36-27-30-23(31-32-27)13-8-16-6-9-17(28)10-7-16)26(35)29-18-11-12-21-22(14-18)25(34)20-5-3-2-4-19(20)24(21)33/h2-15H,1H3,(H,29,35)(H,30,31,32)/b13-8+. The molecule has 3 aromatic carbocycles. The molecular weight excluding hydrogens is 479 g/mol. The van der Waals surface area contributed by atoms with Crippen LogP contribution in [0, 0.1) is 5.82 Å². The normalized spacial score (nSPS) is 13.4. The van der Waals surface area contributed by atoms with E-state index in [1.54, 1.807) is 67.6 Å². The van der Waals surface area contributed by atoms with Crippen LogP contribution in [0.15, 0.2) is 71.9 Å². The van der Waals surface area contributed by atoms with Crippen LogP contribution >= 0.6 is 11.8 Å². The van der Waals surface area contributed by atoms with Gasteiger partial charge in [0.05, 0.1) is 5.25 Å². The first-order valence-corrected chi connectivity index (χ1v) is 11.9. The molecule has 1 aliphatic carbocycles. The third-order valence-electron chi connectivity index (χ3n) is 5.63. The van der Waals surface area contributed by atoms with Crippen LogP contribution in [0.3, 0.4) is 0 Å². The Labute approximate surface area is 209 Å². The monoisotopic (exact) mass is 498 g/mol. The maximum Gasteiger partial charge on any atom is 0.237 e. The van der Waals surface area contributed by atoms with Crippen molar-refractivity contribution in [2.45, 2.75) is 17.3 Å².